The molecule has 0 saturated carbocycles. The molecule has 2 nitrogen and oxygen atoms in total. The number of amides is 1. The molecule has 0 N–H and O–H groups in total. The molecule has 0 fully saturated rings. The van der Waals surface area contributed by atoms with Crippen LogP contribution in [0.25, 0.3) is 0 Å². The van der Waals surface area contributed by atoms with Gasteiger partial charge in [0.15, 0.2) is 0 Å². The van der Waals surface area contributed by atoms with Crippen molar-refractivity contribution < 1.29 is 4.79 Å². The maximum absolute atomic E-state index is 12.0. The van der Waals surface area contributed by atoms with E-state index in [-0.39, 0.29) is 11.3 Å². The zero-order valence-corrected chi connectivity index (χ0v) is 13.7. The minimum atomic E-state index is 0.0196. The summed E-state index contributed by atoms with van der Waals surface area (Å²) < 4.78 is 1.80. The zero-order chi connectivity index (χ0) is 12.3. The largest absolute Gasteiger partial charge is 0.342 e. The number of halogens is 3. The van der Waals surface area contributed by atoms with Crippen LogP contribution in [0.1, 0.15) is 23.7 Å². The number of nitrogens with zero attached hydrogens (tertiary/aromatic N) is 1. The molecule has 6 heteroatoms. The van der Waals surface area contributed by atoms with E-state index in [1.165, 1.54) is 11.3 Å². The molecule has 1 unspecified atom stereocenters. The van der Waals surface area contributed by atoms with Gasteiger partial charge in [0.05, 0.1) is 13.1 Å². The highest BCUT2D eigenvalue weighted by Gasteiger charge is 2.17. The van der Waals surface area contributed by atoms with E-state index >= 15 is 0 Å². The van der Waals surface area contributed by atoms with Gasteiger partial charge in [-0.1, -0.05) is 0 Å². The summed E-state index contributed by atoms with van der Waals surface area (Å²) in [6.45, 7) is 2.60. The third-order valence-corrected chi connectivity index (χ3v) is 4.65. The van der Waals surface area contributed by atoms with E-state index in [0.29, 0.717) is 12.1 Å². The van der Waals surface area contributed by atoms with Crippen LogP contribution in [-0.2, 0) is 0 Å². The van der Waals surface area contributed by atoms with Crippen LogP contribution in [-0.4, -0.2) is 29.8 Å². The van der Waals surface area contributed by atoms with Crippen LogP contribution < -0.4 is 0 Å². The third-order valence-electron chi connectivity index (χ3n) is 2.10. The molecule has 0 aromatic carbocycles. The molecule has 0 aliphatic carbocycles. The fourth-order valence-electron chi connectivity index (χ4n) is 1.16. The Balaban J connectivity index is 2.67. The van der Waals surface area contributed by atoms with Crippen LogP contribution in [0.15, 0.2) is 13.6 Å². The Kier molecular flexibility index (Phi) is 5.77. The lowest BCUT2D eigenvalue weighted by Gasteiger charge is -2.17. The maximum Gasteiger partial charge on any atom is 0.255 e. The summed E-state index contributed by atoms with van der Waals surface area (Å²) in [5.74, 6) is 0.0196. The molecule has 0 radical (unpaired) electrons. The molecule has 90 valence electrons. The van der Waals surface area contributed by atoms with Gasteiger partial charge in [0.1, 0.15) is 0 Å². The minimum absolute atomic E-state index is 0.0196. The highest BCUT2D eigenvalue weighted by Crippen LogP contribution is 2.32. The number of rotatable bonds is 4. The van der Waals surface area contributed by atoms with Crippen LogP contribution in [0.4, 0.5) is 0 Å². The molecule has 0 aliphatic heterocycles. The van der Waals surface area contributed by atoms with Crippen molar-refractivity contribution in [1.82, 2.24) is 4.90 Å². The minimum Gasteiger partial charge on any atom is -0.342 e. The lowest BCUT2D eigenvalue weighted by Crippen LogP contribution is -2.28. The van der Waals surface area contributed by atoms with Crippen LogP contribution in [0, 0.1) is 0 Å². The van der Waals surface area contributed by atoms with E-state index in [1.807, 2.05) is 13.0 Å². The number of hydrogen-bond donors (Lipinski definition) is 0. The van der Waals surface area contributed by atoms with Crippen molar-refractivity contribution in [3.63, 3.8) is 0 Å². The number of thiophene rings is 1. The van der Waals surface area contributed by atoms with Crippen molar-refractivity contribution in [2.75, 3.05) is 13.6 Å². The third kappa shape index (κ3) is 4.02. The number of carbonyl (C=O) groups excluding carboxylic acids is 1. The first-order chi connectivity index (χ1) is 7.41. The van der Waals surface area contributed by atoms with Gasteiger partial charge in [-0.15, -0.1) is 22.9 Å². The Morgan fingerprint density at radius 2 is 2.25 bits per heavy atom. The van der Waals surface area contributed by atoms with E-state index in [1.54, 1.807) is 11.9 Å². The zero-order valence-electron chi connectivity index (χ0n) is 8.97. The van der Waals surface area contributed by atoms with Crippen LogP contribution >= 0.6 is 54.8 Å². The molecule has 0 saturated heterocycles. The summed E-state index contributed by atoms with van der Waals surface area (Å²) in [5.41, 5.74) is 0.696. The van der Waals surface area contributed by atoms with Gasteiger partial charge in [0, 0.05) is 19.0 Å². The van der Waals surface area contributed by atoms with Gasteiger partial charge in [0.2, 0.25) is 0 Å². The molecule has 16 heavy (non-hydrogen) atoms. The van der Waals surface area contributed by atoms with Gasteiger partial charge in [-0.05, 0) is 51.3 Å². The number of alkyl halides is 1. The van der Waals surface area contributed by atoms with Gasteiger partial charge in [-0.2, -0.15) is 0 Å². The van der Waals surface area contributed by atoms with Gasteiger partial charge in [-0.25, -0.2) is 0 Å². The van der Waals surface area contributed by atoms with Gasteiger partial charge < -0.3 is 4.90 Å². The SMILES string of the molecule is CC(Cl)CCN(C)C(=O)c1cc(Br)sc1Br. The molecule has 1 amide bonds. The molecule has 1 atom stereocenters. The smallest absolute Gasteiger partial charge is 0.255 e. The van der Waals surface area contributed by atoms with E-state index < -0.39 is 0 Å². The van der Waals surface area contributed by atoms with E-state index in [4.69, 9.17) is 11.6 Å². The average molecular weight is 390 g/mol. The summed E-state index contributed by atoms with van der Waals surface area (Å²) in [6.07, 6.45) is 0.798. The Morgan fingerprint density at radius 3 is 2.69 bits per heavy atom. The second-order valence-electron chi connectivity index (χ2n) is 3.53. The van der Waals surface area contributed by atoms with Gasteiger partial charge >= 0.3 is 0 Å². The summed E-state index contributed by atoms with van der Waals surface area (Å²) in [4.78, 5) is 13.7. The van der Waals surface area contributed by atoms with Crippen molar-refractivity contribution >= 4 is 60.7 Å². The molecule has 0 aliphatic rings. The predicted octanol–water partition coefficient (Wildman–Crippen LogP) is 4.36. The standard InChI is InChI=1S/C10H12Br2ClNOS/c1-6(13)3-4-14(2)10(15)7-5-8(11)16-9(7)12/h5-6H,3-4H2,1-2H3. The Hall–Kier alpha value is 0.420. The normalized spacial score (nSPS) is 12.6. The maximum atomic E-state index is 12.0. The average Bonchev–Trinajstić information content (AvgIpc) is 2.53. The molecular formula is C10H12Br2ClNOS. The number of hydrogen-bond acceptors (Lipinski definition) is 2. The van der Waals surface area contributed by atoms with Crippen molar-refractivity contribution in [2.45, 2.75) is 18.7 Å². The van der Waals surface area contributed by atoms with Crippen molar-refractivity contribution in [1.29, 1.82) is 0 Å². The first-order valence-electron chi connectivity index (χ1n) is 4.76. The second-order valence-corrected chi connectivity index (χ2v) is 8.03. The van der Waals surface area contributed by atoms with Crippen LogP contribution in [0.3, 0.4) is 0 Å². The van der Waals surface area contributed by atoms with Crippen LogP contribution in [0.5, 0.6) is 0 Å². The van der Waals surface area contributed by atoms with E-state index in [0.717, 1.165) is 14.0 Å². The van der Waals surface area contributed by atoms with Gasteiger partial charge in [-0.3, -0.25) is 4.79 Å². The Bertz CT molecular complexity index is 381. The fraction of sp³-hybridized carbons (Fsp3) is 0.500. The monoisotopic (exact) mass is 387 g/mol. The van der Waals surface area contributed by atoms with E-state index in [9.17, 15) is 4.79 Å². The lowest BCUT2D eigenvalue weighted by atomic mass is 10.2. The molecule has 0 spiro atoms. The first kappa shape index (κ1) is 14.5. The van der Waals surface area contributed by atoms with Crippen molar-refractivity contribution in [3.8, 4) is 0 Å². The summed E-state index contributed by atoms with van der Waals surface area (Å²) in [7, 11) is 1.79. The highest BCUT2D eigenvalue weighted by atomic mass is 79.9. The summed E-state index contributed by atoms with van der Waals surface area (Å²) >= 11 is 14.1. The molecule has 1 aromatic rings. The number of carbonyl (C=O) groups is 1. The molecule has 1 aromatic heterocycles. The predicted molar refractivity (Wildman–Crippen MR) is 76.6 cm³/mol. The lowest BCUT2D eigenvalue weighted by molar-refractivity contribution is 0.0793. The first-order valence-corrected chi connectivity index (χ1v) is 7.60. The fourth-order valence-corrected chi connectivity index (χ4v) is 4.04. The highest BCUT2D eigenvalue weighted by molar-refractivity contribution is 9.12. The Labute approximate surface area is 121 Å². The summed E-state index contributed by atoms with van der Waals surface area (Å²) in [6, 6.07) is 1.83. The van der Waals surface area contributed by atoms with E-state index in [2.05, 4.69) is 31.9 Å². The van der Waals surface area contributed by atoms with Crippen molar-refractivity contribution in [2.24, 2.45) is 0 Å². The Morgan fingerprint density at radius 1 is 1.62 bits per heavy atom. The molecule has 1 rings (SSSR count). The topological polar surface area (TPSA) is 20.3 Å². The van der Waals surface area contributed by atoms with Crippen molar-refractivity contribution in [3.05, 3.63) is 19.2 Å². The quantitative estimate of drug-likeness (QED) is 0.701. The van der Waals surface area contributed by atoms with Crippen LogP contribution in [0.2, 0.25) is 0 Å². The summed E-state index contributed by atoms with van der Waals surface area (Å²) in [5, 5.41) is 0.0906. The van der Waals surface area contributed by atoms with Gasteiger partial charge in [0.25, 0.3) is 5.91 Å². The second kappa shape index (κ2) is 6.38. The molecular weight excluding hydrogens is 377 g/mol. The molecule has 1 heterocycles. The molecule has 0 bridgehead atoms.